The maximum atomic E-state index is 11.2. The van der Waals surface area contributed by atoms with Crippen molar-refractivity contribution in [2.75, 3.05) is 13.1 Å². The van der Waals surface area contributed by atoms with Crippen molar-refractivity contribution >= 4 is 11.9 Å². The van der Waals surface area contributed by atoms with E-state index in [1.54, 1.807) is 0 Å². The van der Waals surface area contributed by atoms with Crippen molar-refractivity contribution in [2.24, 2.45) is 0 Å². The van der Waals surface area contributed by atoms with Crippen LogP contribution in [0, 0.1) is 0 Å². The zero-order chi connectivity index (χ0) is 16.8. The van der Waals surface area contributed by atoms with E-state index in [9.17, 15) is 23.1 Å². The zero-order valence-electron chi connectivity index (χ0n) is 11.6. The molecule has 0 bridgehead atoms. The summed E-state index contributed by atoms with van der Waals surface area (Å²) in [7, 11) is 0. The number of carboxylic acids is 2. The number of hydrogen-bond acceptors (Lipinski definition) is 3. The third-order valence-corrected chi connectivity index (χ3v) is 3.10. The molecule has 0 aliphatic carbocycles. The summed E-state index contributed by atoms with van der Waals surface area (Å²) in [6.45, 7) is 1.79. The fourth-order valence-electron chi connectivity index (χ4n) is 2.14. The van der Waals surface area contributed by atoms with Gasteiger partial charge in [0.15, 0.2) is 0 Å². The number of hydrogen-bond donors (Lipinski definition) is 2. The molecule has 1 saturated heterocycles. The first kappa shape index (κ1) is 18.0. The average molecular weight is 319 g/mol. The van der Waals surface area contributed by atoms with Crippen LogP contribution in [-0.2, 0) is 9.59 Å². The molecule has 1 atom stereocenters. The van der Waals surface area contributed by atoms with E-state index in [1.807, 2.05) is 35.2 Å². The molecule has 1 aromatic rings. The highest BCUT2D eigenvalue weighted by molar-refractivity contribution is 5.75. The predicted molar refractivity (Wildman–Crippen MR) is 71.3 cm³/mol. The molecule has 1 aliphatic rings. The number of halogens is 3. The molecule has 2 N–H and O–H groups in total. The van der Waals surface area contributed by atoms with Crippen LogP contribution in [0.2, 0.25) is 0 Å². The molecular weight excluding hydrogens is 303 g/mol. The Balaban J connectivity index is 0.000000295. The van der Waals surface area contributed by atoms with E-state index in [-0.39, 0.29) is 0 Å². The number of alkyl halides is 3. The fraction of sp³-hybridized carbons (Fsp3) is 0.429. The predicted octanol–water partition coefficient (Wildman–Crippen LogP) is 2.54. The van der Waals surface area contributed by atoms with Crippen LogP contribution in [-0.4, -0.2) is 46.3 Å². The second kappa shape index (κ2) is 7.79. The maximum Gasteiger partial charge on any atom is 0.490 e. The Morgan fingerprint density at radius 2 is 1.50 bits per heavy atom. The number of carbonyl (C=O) groups is 2. The Hall–Kier alpha value is -2.09. The first-order chi connectivity index (χ1) is 10.2. The van der Waals surface area contributed by atoms with Crippen LogP contribution in [0.1, 0.15) is 24.4 Å². The van der Waals surface area contributed by atoms with Crippen LogP contribution in [0.3, 0.4) is 0 Å². The molecule has 22 heavy (non-hydrogen) atoms. The SMILES string of the molecule is O=C(O)C(F)(F)F.O=C(O)[C@@H](c1ccccc1)N1CCCC1. The lowest BCUT2D eigenvalue weighted by molar-refractivity contribution is -0.192. The van der Waals surface area contributed by atoms with E-state index < -0.39 is 24.2 Å². The summed E-state index contributed by atoms with van der Waals surface area (Å²) in [5.41, 5.74) is 0.881. The second-order valence-electron chi connectivity index (χ2n) is 4.70. The van der Waals surface area contributed by atoms with Crippen molar-refractivity contribution in [3.05, 3.63) is 35.9 Å². The molecule has 8 heteroatoms. The molecule has 1 fully saturated rings. The van der Waals surface area contributed by atoms with Crippen molar-refractivity contribution in [3.63, 3.8) is 0 Å². The molecule has 122 valence electrons. The first-order valence-corrected chi connectivity index (χ1v) is 6.55. The van der Waals surface area contributed by atoms with Crippen molar-refractivity contribution < 1.29 is 33.0 Å². The number of likely N-dealkylation sites (tertiary alicyclic amines) is 1. The quantitative estimate of drug-likeness (QED) is 0.895. The number of rotatable bonds is 3. The van der Waals surface area contributed by atoms with Gasteiger partial charge < -0.3 is 10.2 Å². The molecule has 1 heterocycles. The molecule has 2 rings (SSSR count). The second-order valence-corrected chi connectivity index (χ2v) is 4.70. The molecule has 0 saturated carbocycles. The lowest BCUT2D eigenvalue weighted by Gasteiger charge is -2.23. The Kier molecular flexibility index (Phi) is 6.36. The first-order valence-electron chi connectivity index (χ1n) is 6.55. The van der Waals surface area contributed by atoms with Gasteiger partial charge in [0.05, 0.1) is 0 Å². The largest absolute Gasteiger partial charge is 0.490 e. The van der Waals surface area contributed by atoms with Crippen LogP contribution in [0.15, 0.2) is 30.3 Å². The third kappa shape index (κ3) is 5.36. The molecule has 0 aromatic heterocycles. The minimum atomic E-state index is -5.08. The summed E-state index contributed by atoms with van der Waals surface area (Å²) in [4.78, 5) is 22.2. The van der Waals surface area contributed by atoms with Crippen LogP contribution in [0.5, 0.6) is 0 Å². The van der Waals surface area contributed by atoms with Gasteiger partial charge in [-0.25, -0.2) is 4.79 Å². The number of nitrogens with zero attached hydrogens (tertiary/aromatic N) is 1. The number of benzene rings is 1. The molecule has 0 amide bonds. The Labute approximate surface area is 125 Å². The molecule has 0 unspecified atom stereocenters. The molecule has 5 nitrogen and oxygen atoms in total. The Morgan fingerprint density at radius 3 is 1.86 bits per heavy atom. The fourth-order valence-corrected chi connectivity index (χ4v) is 2.14. The van der Waals surface area contributed by atoms with Gasteiger partial charge in [0.2, 0.25) is 0 Å². The summed E-state index contributed by atoms with van der Waals surface area (Å²) in [6.07, 6.45) is -2.87. The number of aliphatic carboxylic acids is 2. The standard InChI is InChI=1S/C12H15NO2.C2HF3O2/c14-12(15)11(13-8-4-5-9-13)10-6-2-1-3-7-10;3-2(4,5)1(6)7/h1-3,6-7,11H,4-5,8-9H2,(H,14,15);(H,6,7)/t11-;/m1./s1. The lowest BCUT2D eigenvalue weighted by atomic mass is 10.1. The zero-order valence-corrected chi connectivity index (χ0v) is 11.6. The minimum Gasteiger partial charge on any atom is -0.480 e. The number of carboxylic acid groups (broad SMARTS) is 2. The Morgan fingerprint density at radius 1 is 1.05 bits per heavy atom. The van der Waals surface area contributed by atoms with E-state index in [0.717, 1.165) is 31.5 Å². The van der Waals surface area contributed by atoms with Gasteiger partial charge in [-0.1, -0.05) is 30.3 Å². The monoisotopic (exact) mass is 319 g/mol. The van der Waals surface area contributed by atoms with Gasteiger partial charge in [-0.3, -0.25) is 9.69 Å². The highest BCUT2D eigenvalue weighted by Gasteiger charge is 2.38. The van der Waals surface area contributed by atoms with E-state index in [0.29, 0.717) is 0 Å². The van der Waals surface area contributed by atoms with E-state index in [1.165, 1.54) is 0 Å². The maximum absolute atomic E-state index is 11.2. The van der Waals surface area contributed by atoms with Crippen molar-refractivity contribution in [1.29, 1.82) is 0 Å². The normalized spacial score (nSPS) is 16.5. The third-order valence-electron chi connectivity index (χ3n) is 3.10. The highest BCUT2D eigenvalue weighted by Crippen LogP contribution is 2.24. The molecular formula is C14H16F3NO4. The van der Waals surface area contributed by atoms with Gasteiger partial charge in [0.25, 0.3) is 0 Å². The lowest BCUT2D eigenvalue weighted by Crippen LogP contribution is -2.31. The summed E-state index contributed by atoms with van der Waals surface area (Å²) in [5.74, 6) is -3.50. The summed E-state index contributed by atoms with van der Waals surface area (Å²) < 4.78 is 31.7. The van der Waals surface area contributed by atoms with Gasteiger partial charge in [0.1, 0.15) is 6.04 Å². The van der Waals surface area contributed by atoms with Crippen LogP contribution >= 0.6 is 0 Å². The van der Waals surface area contributed by atoms with Crippen LogP contribution in [0.4, 0.5) is 13.2 Å². The van der Waals surface area contributed by atoms with E-state index >= 15 is 0 Å². The topological polar surface area (TPSA) is 77.8 Å². The summed E-state index contributed by atoms with van der Waals surface area (Å²) in [5, 5.41) is 16.4. The summed E-state index contributed by atoms with van der Waals surface area (Å²) in [6, 6.07) is 9.00. The minimum absolute atomic E-state index is 0.464. The van der Waals surface area contributed by atoms with Gasteiger partial charge in [-0.05, 0) is 31.5 Å². The average Bonchev–Trinajstić information content (AvgIpc) is 2.93. The summed E-state index contributed by atoms with van der Waals surface area (Å²) >= 11 is 0. The van der Waals surface area contributed by atoms with Gasteiger partial charge in [-0.15, -0.1) is 0 Å². The highest BCUT2D eigenvalue weighted by atomic mass is 19.4. The van der Waals surface area contributed by atoms with Crippen molar-refractivity contribution in [3.8, 4) is 0 Å². The van der Waals surface area contributed by atoms with Crippen molar-refractivity contribution in [1.82, 2.24) is 4.90 Å². The van der Waals surface area contributed by atoms with E-state index in [2.05, 4.69) is 0 Å². The smallest absolute Gasteiger partial charge is 0.480 e. The van der Waals surface area contributed by atoms with E-state index in [4.69, 9.17) is 9.90 Å². The molecule has 0 radical (unpaired) electrons. The van der Waals surface area contributed by atoms with Crippen LogP contribution in [0.25, 0.3) is 0 Å². The Bertz CT molecular complexity index is 499. The van der Waals surface area contributed by atoms with Crippen molar-refractivity contribution in [2.45, 2.75) is 25.1 Å². The van der Waals surface area contributed by atoms with Gasteiger partial charge in [-0.2, -0.15) is 13.2 Å². The van der Waals surface area contributed by atoms with Gasteiger partial charge >= 0.3 is 18.1 Å². The van der Waals surface area contributed by atoms with Gasteiger partial charge in [0, 0.05) is 0 Å². The molecule has 0 spiro atoms. The molecule has 1 aliphatic heterocycles. The van der Waals surface area contributed by atoms with Crippen LogP contribution < -0.4 is 0 Å². The molecule has 1 aromatic carbocycles.